The van der Waals surface area contributed by atoms with E-state index >= 15 is 0 Å². The van der Waals surface area contributed by atoms with Gasteiger partial charge in [-0.25, -0.2) is 0 Å². The highest BCUT2D eigenvalue weighted by Gasteiger charge is 2.31. The molecule has 1 nitrogen and oxygen atoms in total. The van der Waals surface area contributed by atoms with Crippen LogP contribution in [-0.4, -0.2) is 5.24 Å². The van der Waals surface area contributed by atoms with Gasteiger partial charge < -0.3 is 0 Å². The first kappa shape index (κ1) is 17.1. The maximum absolute atomic E-state index is 12.6. The van der Waals surface area contributed by atoms with Gasteiger partial charge in [0.25, 0.3) is 0 Å². The van der Waals surface area contributed by atoms with E-state index < -0.39 is 22.9 Å². The Kier molecular flexibility index (Phi) is 5.05. The highest BCUT2D eigenvalue weighted by atomic mass is 35.5. The summed E-state index contributed by atoms with van der Waals surface area (Å²) < 4.78 is 37.7. The first-order chi connectivity index (χ1) is 10.2. The van der Waals surface area contributed by atoms with Gasteiger partial charge in [-0.15, -0.1) is 0 Å². The second-order valence-electron chi connectivity index (χ2n) is 4.56. The molecule has 0 heterocycles. The Morgan fingerprint density at radius 1 is 0.909 bits per heavy atom. The zero-order valence-electron chi connectivity index (χ0n) is 10.8. The Morgan fingerprint density at radius 2 is 1.41 bits per heavy atom. The van der Waals surface area contributed by atoms with E-state index in [0.717, 1.165) is 12.1 Å². The Balaban J connectivity index is 2.46. The molecule has 22 heavy (non-hydrogen) atoms. The molecule has 0 aliphatic rings. The molecule has 1 unspecified atom stereocenters. The van der Waals surface area contributed by atoms with E-state index in [4.69, 9.17) is 34.8 Å². The van der Waals surface area contributed by atoms with E-state index in [0.29, 0.717) is 21.2 Å². The van der Waals surface area contributed by atoms with Crippen LogP contribution in [-0.2, 0) is 11.0 Å². The highest BCUT2D eigenvalue weighted by molar-refractivity contribution is 6.65. The van der Waals surface area contributed by atoms with Gasteiger partial charge in [-0.1, -0.05) is 35.3 Å². The number of carbonyl (C=O) groups is 1. The number of halogens is 6. The molecule has 0 radical (unpaired) electrons. The SMILES string of the molecule is O=C(Cl)C(c1ccc(C(F)(F)F)cc1)c1cc(Cl)cc(Cl)c1. The van der Waals surface area contributed by atoms with Crippen LogP contribution in [0, 0.1) is 0 Å². The first-order valence-electron chi connectivity index (χ1n) is 6.01. The van der Waals surface area contributed by atoms with Gasteiger partial charge in [0.15, 0.2) is 0 Å². The van der Waals surface area contributed by atoms with Crippen LogP contribution in [0.5, 0.6) is 0 Å². The molecule has 2 aromatic carbocycles. The summed E-state index contributed by atoms with van der Waals surface area (Å²) in [6, 6.07) is 8.69. The maximum Gasteiger partial charge on any atom is 0.416 e. The number of benzene rings is 2. The van der Waals surface area contributed by atoms with Crippen LogP contribution < -0.4 is 0 Å². The lowest BCUT2D eigenvalue weighted by molar-refractivity contribution is -0.137. The third-order valence-electron chi connectivity index (χ3n) is 3.02. The molecule has 0 saturated carbocycles. The average molecular weight is 368 g/mol. The Hall–Kier alpha value is -1.23. The smallest absolute Gasteiger partial charge is 0.280 e. The van der Waals surface area contributed by atoms with Crippen LogP contribution in [0.4, 0.5) is 13.2 Å². The van der Waals surface area contributed by atoms with Crippen molar-refractivity contribution < 1.29 is 18.0 Å². The summed E-state index contributed by atoms with van der Waals surface area (Å²) in [5, 5.41) is -0.132. The molecule has 0 aliphatic heterocycles. The summed E-state index contributed by atoms with van der Waals surface area (Å²) in [5.41, 5.74) is -0.0651. The van der Waals surface area contributed by atoms with Gasteiger partial charge in [0.2, 0.25) is 5.24 Å². The van der Waals surface area contributed by atoms with Crippen molar-refractivity contribution in [1.82, 2.24) is 0 Å². The highest BCUT2D eigenvalue weighted by Crippen LogP contribution is 2.34. The Morgan fingerprint density at radius 3 is 1.82 bits per heavy atom. The van der Waals surface area contributed by atoms with Crippen LogP contribution in [0.25, 0.3) is 0 Å². The van der Waals surface area contributed by atoms with Gasteiger partial charge >= 0.3 is 6.18 Å². The molecule has 0 N–H and O–H groups in total. The zero-order valence-corrected chi connectivity index (χ0v) is 13.1. The molecule has 0 amide bonds. The minimum atomic E-state index is -4.45. The first-order valence-corrected chi connectivity index (χ1v) is 7.14. The van der Waals surface area contributed by atoms with Crippen LogP contribution in [0.2, 0.25) is 10.0 Å². The zero-order chi connectivity index (χ0) is 16.5. The fourth-order valence-corrected chi connectivity index (χ4v) is 2.86. The average Bonchev–Trinajstić information content (AvgIpc) is 2.36. The minimum absolute atomic E-state index is 0.303. The number of hydrogen-bond donors (Lipinski definition) is 0. The molecule has 116 valence electrons. The van der Waals surface area contributed by atoms with E-state index in [1.165, 1.54) is 30.3 Å². The van der Waals surface area contributed by atoms with Crippen molar-refractivity contribution in [2.24, 2.45) is 0 Å². The largest absolute Gasteiger partial charge is 0.416 e. The molecule has 2 aromatic rings. The molecule has 0 bridgehead atoms. The predicted octanol–water partition coefficient (Wildman–Crippen LogP) is 5.91. The third kappa shape index (κ3) is 3.94. The Labute approximate surface area is 139 Å². The van der Waals surface area contributed by atoms with Crippen LogP contribution in [0.15, 0.2) is 42.5 Å². The fourth-order valence-electron chi connectivity index (χ4n) is 2.06. The Bertz CT molecular complexity index is 676. The molecule has 0 aromatic heterocycles. The van der Waals surface area contributed by atoms with Gasteiger partial charge in [-0.2, -0.15) is 13.2 Å². The van der Waals surface area contributed by atoms with Gasteiger partial charge in [0, 0.05) is 10.0 Å². The topological polar surface area (TPSA) is 17.1 Å². The standard InChI is InChI=1S/C15H8Cl3F3O/c16-11-5-9(6-12(17)7-11)13(14(18)22)8-1-3-10(4-2-8)15(19,20)21/h1-7,13H. The fraction of sp³-hybridized carbons (Fsp3) is 0.133. The van der Waals surface area contributed by atoms with Crippen molar-refractivity contribution in [3.8, 4) is 0 Å². The third-order valence-corrected chi connectivity index (χ3v) is 3.67. The monoisotopic (exact) mass is 366 g/mol. The van der Waals surface area contributed by atoms with E-state index in [1.807, 2.05) is 0 Å². The summed E-state index contributed by atoms with van der Waals surface area (Å²) in [5.74, 6) is -0.944. The number of carbonyl (C=O) groups excluding carboxylic acids is 1. The lowest BCUT2D eigenvalue weighted by Crippen LogP contribution is -2.10. The van der Waals surface area contributed by atoms with Crippen molar-refractivity contribution in [2.75, 3.05) is 0 Å². The second kappa shape index (κ2) is 6.49. The van der Waals surface area contributed by atoms with Crippen LogP contribution >= 0.6 is 34.8 Å². The van der Waals surface area contributed by atoms with Gasteiger partial charge in [-0.3, -0.25) is 4.79 Å². The molecule has 0 spiro atoms. The lowest BCUT2D eigenvalue weighted by Gasteiger charge is -2.15. The van der Waals surface area contributed by atoms with E-state index in [1.54, 1.807) is 0 Å². The van der Waals surface area contributed by atoms with Crippen molar-refractivity contribution >= 4 is 40.0 Å². The predicted molar refractivity (Wildman–Crippen MR) is 80.6 cm³/mol. The quantitative estimate of drug-likeness (QED) is 0.616. The van der Waals surface area contributed by atoms with Crippen LogP contribution in [0.1, 0.15) is 22.6 Å². The molecular formula is C15H8Cl3F3O. The number of alkyl halides is 3. The summed E-state index contributed by atoms with van der Waals surface area (Å²) >= 11 is 17.4. The van der Waals surface area contributed by atoms with Crippen molar-refractivity contribution in [3.63, 3.8) is 0 Å². The molecule has 1 atom stereocenters. The van der Waals surface area contributed by atoms with Crippen LogP contribution in [0.3, 0.4) is 0 Å². The summed E-state index contributed by atoms with van der Waals surface area (Å²) in [6.45, 7) is 0. The molecule has 0 fully saturated rings. The summed E-state index contributed by atoms with van der Waals surface area (Å²) in [4.78, 5) is 11.7. The normalized spacial score (nSPS) is 13.0. The van der Waals surface area contributed by atoms with E-state index in [-0.39, 0.29) is 0 Å². The summed E-state index contributed by atoms with van der Waals surface area (Å²) in [7, 11) is 0. The van der Waals surface area contributed by atoms with Gasteiger partial charge in [-0.05, 0) is 53.1 Å². The van der Waals surface area contributed by atoms with Crippen molar-refractivity contribution in [1.29, 1.82) is 0 Å². The number of hydrogen-bond acceptors (Lipinski definition) is 1. The molecular weight excluding hydrogens is 360 g/mol. The number of rotatable bonds is 3. The van der Waals surface area contributed by atoms with E-state index in [9.17, 15) is 18.0 Å². The molecule has 2 rings (SSSR count). The molecule has 0 saturated heterocycles. The minimum Gasteiger partial charge on any atom is -0.280 e. The maximum atomic E-state index is 12.6. The van der Waals surface area contributed by atoms with Crippen molar-refractivity contribution in [3.05, 3.63) is 69.2 Å². The van der Waals surface area contributed by atoms with Gasteiger partial charge in [0.1, 0.15) is 0 Å². The summed E-state index contributed by atoms with van der Waals surface area (Å²) in [6.07, 6.45) is -4.45. The molecule has 7 heteroatoms. The van der Waals surface area contributed by atoms with Gasteiger partial charge in [0.05, 0.1) is 11.5 Å². The lowest BCUT2D eigenvalue weighted by atomic mass is 9.92. The van der Waals surface area contributed by atoms with E-state index in [2.05, 4.69) is 0 Å². The molecule has 0 aliphatic carbocycles. The van der Waals surface area contributed by atoms with Crippen molar-refractivity contribution in [2.45, 2.75) is 12.1 Å². The second-order valence-corrected chi connectivity index (χ2v) is 5.81.